The van der Waals surface area contributed by atoms with E-state index in [4.69, 9.17) is 4.42 Å². The summed E-state index contributed by atoms with van der Waals surface area (Å²) >= 11 is 0. The first-order valence-electron chi connectivity index (χ1n) is 7.29. The highest BCUT2D eigenvalue weighted by Gasteiger charge is 2.20. The highest BCUT2D eigenvalue weighted by molar-refractivity contribution is 6.04. The van der Waals surface area contributed by atoms with Crippen LogP contribution < -0.4 is 10.6 Å². The fourth-order valence-corrected chi connectivity index (χ4v) is 2.57. The summed E-state index contributed by atoms with van der Waals surface area (Å²) in [5.74, 6) is 0.902. The van der Waals surface area contributed by atoms with Crippen LogP contribution >= 0.6 is 0 Å². The van der Waals surface area contributed by atoms with Gasteiger partial charge in [0.2, 0.25) is 5.91 Å². The van der Waals surface area contributed by atoms with E-state index < -0.39 is 0 Å². The molecule has 0 bridgehead atoms. The second-order valence-electron chi connectivity index (χ2n) is 5.30. The maximum absolute atomic E-state index is 12.3. The van der Waals surface area contributed by atoms with Crippen LogP contribution in [0.15, 0.2) is 28.8 Å². The Hall–Kier alpha value is -2.63. The number of amides is 2. The zero-order chi connectivity index (χ0) is 15.5. The van der Waals surface area contributed by atoms with Gasteiger partial charge in [0.05, 0.1) is 5.69 Å². The van der Waals surface area contributed by atoms with Gasteiger partial charge in [-0.2, -0.15) is 0 Å². The molecule has 0 fully saturated rings. The van der Waals surface area contributed by atoms with Gasteiger partial charge >= 0.3 is 0 Å². The Morgan fingerprint density at radius 1 is 1.23 bits per heavy atom. The van der Waals surface area contributed by atoms with E-state index >= 15 is 0 Å². The van der Waals surface area contributed by atoms with Gasteiger partial charge in [0.1, 0.15) is 5.76 Å². The molecule has 3 rings (SSSR count). The molecule has 0 saturated carbocycles. The summed E-state index contributed by atoms with van der Waals surface area (Å²) in [5, 5.41) is 5.32. The molecule has 2 aromatic rings. The molecule has 114 valence electrons. The smallest absolute Gasteiger partial charge is 0.292 e. The number of furan rings is 1. The molecule has 6 nitrogen and oxygen atoms in total. The van der Waals surface area contributed by atoms with Crippen LogP contribution in [-0.2, 0) is 17.6 Å². The van der Waals surface area contributed by atoms with Gasteiger partial charge in [-0.1, -0.05) is 0 Å². The molecule has 6 heteroatoms. The number of nitrogens with one attached hydrogen (secondary N) is 2. The molecule has 22 heavy (non-hydrogen) atoms. The molecule has 0 aliphatic heterocycles. The summed E-state index contributed by atoms with van der Waals surface area (Å²) < 4.78 is 5.63. The molecule has 2 amide bonds. The molecule has 0 spiro atoms. The molecule has 0 radical (unpaired) electrons. The zero-order valence-electron chi connectivity index (χ0n) is 12.3. The summed E-state index contributed by atoms with van der Waals surface area (Å²) in [6.45, 7) is 1.40. The van der Waals surface area contributed by atoms with Crippen molar-refractivity contribution in [1.82, 2.24) is 4.98 Å². The molecular formula is C16H17N3O3. The minimum absolute atomic E-state index is 0.225. The average molecular weight is 299 g/mol. The first-order chi connectivity index (χ1) is 10.6. The quantitative estimate of drug-likeness (QED) is 0.912. The van der Waals surface area contributed by atoms with Crippen LogP contribution in [0.2, 0.25) is 0 Å². The Bertz CT molecular complexity index is 698. The molecule has 2 aromatic heterocycles. The van der Waals surface area contributed by atoms with Crippen molar-refractivity contribution < 1.29 is 14.0 Å². The number of pyridine rings is 1. The van der Waals surface area contributed by atoms with Crippen molar-refractivity contribution in [2.75, 3.05) is 10.6 Å². The van der Waals surface area contributed by atoms with Crippen LogP contribution in [0.5, 0.6) is 0 Å². The van der Waals surface area contributed by atoms with E-state index in [0.717, 1.165) is 37.0 Å². The number of anilines is 2. The molecule has 0 unspecified atom stereocenters. The average Bonchev–Trinajstić information content (AvgIpc) is 2.93. The lowest BCUT2D eigenvalue weighted by Crippen LogP contribution is -2.15. The van der Waals surface area contributed by atoms with Gasteiger partial charge in [0, 0.05) is 19.5 Å². The Kier molecular flexibility index (Phi) is 3.91. The van der Waals surface area contributed by atoms with Crippen LogP contribution in [-0.4, -0.2) is 16.8 Å². The number of nitrogens with zero attached hydrogens (tertiary/aromatic N) is 1. The van der Waals surface area contributed by atoms with Crippen LogP contribution in [0, 0.1) is 0 Å². The Labute approximate surface area is 127 Å². The number of rotatable bonds is 3. The second kappa shape index (κ2) is 6.01. The van der Waals surface area contributed by atoms with E-state index in [-0.39, 0.29) is 17.6 Å². The second-order valence-corrected chi connectivity index (χ2v) is 5.30. The van der Waals surface area contributed by atoms with Crippen LogP contribution in [0.3, 0.4) is 0 Å². The van der Waals surface area contributed by atoms with Gasteiger partial charge in [0.25, 0.3) is 5.91 Å². The Balaban J connectivity index is 1.79. The SMILES string of the molecule is CC(=O)Nc1cccnc1NC(=O)c1cc2c(o1)CCCC2. The number of carbonyl (C=O) groups excluding carboxylic acids is 2. The van der Waals surface area contributed by atoms with Crippen LogP contribution in [0.25, 0.3) is 0 Å². The van der Waals surface area contributed by atoms with Gasteiger partial charge in [0.15, 0.2) is 11.6 Å². The highest BCUT2D eigenvalue weighted by Crippen LogP contribution is 2.26. The van der Waals surface area contributed by atoms with E-state index in [1.165, 1.54) is 6.92 Å². The fourth-order valence-electron chi connectivity index (χ4n) is 2.57. The molecule has 1 aliphatic carbocycles. The molecule has 2 N–H and O–H groups in total. The Morgan fingerprint density at radius 2 is 2.05 bits per heavy atom. The maximum atomic E-state index is 12.3. The summed E-state index contributed by atoms with van der Waals surface area (Å²) in [7, 11) is 0. The third-order valence-electron chi connectivity index (χ3n) is 3.57. The van der Waals surface area contributed by atoms with Crippen molar-refractivity contribution in [2.24, 2.45) is 0 Å². The molecular weight excluding hydrogens is 282 g/mol. The number of aryl methyl sites for hydroxylation is 2. The molecule has 1 aliphatic rings. The summed E-state index contributed by atoms with van der Waals surface area (Å²) in [6.07, 6.45) is 5.60. The van der Waals surface area contributed by atoms with Gasteiger partial charge in [-0.3, -0.25) is 9.59 Å². The van der Waals surface area contributed by atoms with Crippen molar-refractivity contribution >= 4 is 23.3 Å². The van der Waals surface area contributed by atoms with Crippen molar-refractivity contribution in [3.05, 3.63) is 41.5 Å². The fraction of sp³-hybridized carbons (Fsp3) is 0.312. The number of fused-ring (bicyclic) bond motifs is 1. The lowest BCUT2D eigenvalue weighted by atomic mass is 9.99. The normalized spacial score (nSPS) is 13.3. The predicted octanol–water partition coefficient (Wildman–Crippen LogP) is 2.76. The van der Waals surface area contributed by atoms with E-state index in [2.05, 4.69) is 15.6 Å². The van der Waals surface area contributed by atoms with Crippen molar-refractivity contribution in [2.45, 2.75) is 32.6 Å². The van der Waals surface area contributed by atoms with Crippen LogP contribution in [0.1, 0.15) is 41.6 Å². The monoisotopic (exact) mass is 299 g/mol. The molecule has 2 heterocycles. The zero-order valence-corrected chi connectivity index (χ0v) is 12.3. The van der Waals surface area contributed by atoms with Crippen molar-refractivity contribution in [3.63, 3.8) is 0 Å². The third kappa shape index (κ3) is 3.00. The van der Waals surface area contributed by atoms with Gasteiger partial charge < -0.3 is 15.1 Å². The van der Waals surface area contributed by atoms with Gasteiger partial charge in [-0.05, 0) is 43.0 Å². The number of hydrogen-bond acceptors (Lipinski definition) is 4. The molecule has 0 saturated heterocycles. The standard InChI is InChI=1S/C16H17N3O3/c1-10(20)18-12-6-4-8-17-15(12)19-16(21)14-9-11-5-2-3-7-13(11)22-14/h4,6,8-9H,2-3,5,7H2,1H3,(H,18,20)(H,17,19,21). The maximum Gasteiger partial charge on any atom is 0.292 e. The van der Waals surface area contributed by atoms with Crippen molar-refractivity contribution in [3.8, 4) is 0 Å². The molecule has 0 atom stereocenters. The Morgan fingerprint density at radius 3 is 2.82 bits per heavy atom. The lowest BCUT2D eigenvalue weighted by molar-refractivity contribution is -0.114. The minimum Gasteiger partial charge on any atom is -0.456 e. The van der Waals surface area contributed by atoms with E-state index in [9.17, 15) is 9.59 Å². The third-order valence-corrected chi connectivity index (χ3v) is 3.57. The summed E-state index contributed by atoms with van der Waals surface area (Å²) in [6, 6.07) is 5.16. The van der Waals surface area contributed by atoms with E-state index in [1.54, 1.807) is 24.4 Å². The number of carbonyl (C=O) groups is 2. The first-order valence-corrected chi connectivity index (χ1v) is 7.29. The summed E-state index contributed by atoms with van der Waals surface area (Å²) in [4.78, 5) is 27.6. The molecule has 0 aromatic carbocycles. The van der Waals surface area contributed by atoms with E-state index in [0.29, 0.717) is 11.5 Å². The lowest BCUT2D eigenvalue weighted by Gasteiger charge is -2.09. The number of hydrogen-bond donors (Lipinski definition) is 2. The largest absolute Gasteiger partial charge is 0.456 e. The first kappa shape index (κ1) is 14.3. The summed E-state index contributed by atoms with van der Waals surface area (Å²) in [5.41, 5.74) is 1.57. The highest BCUT2D eigenvalue weighted by atomic mass is 16.4. The number of aromatic nitrogens is 1. The van der Waals surface area contributed by atoms with Gasteiger partial charge in [-0.15, -0.1) is 0 Å². The topological polar surface area (TPSA) is 84.2 Å². The predicted molar refractivity (Wildman–Crippen MR) is 81.8 cm³/mol. The van der Waals surface area contributed by atoms with Crippen molar-refractivity contribution in [1.29, 1.82) is 0 Å². The van der Waals surface area contributed by atoms with Crippen LogP contribution in [0.4, 0.5) is 11.5 Å². The minimum atomic E-state index is -0.361. The van der Waals surface area contributed by atoms with E-state index in [1.807, 2.05) is 0 Å². The van der Waals surface area contributed by atoms with Gasteiger partial charge in [-0.25, -0.2) is 4.98 Å².